The summed E-state index contributed by atoms with van der Waals surface area (Å²) in [5, 5.41) is 1.30. The van der Waals surface area contributed by atoms with Gasteiger partial charge in [0.25, 0.3) is 5.82 Å². The summed E-state index contributed by atoms with van der Waals surface area (Å²) in [6.45, 7) is 0. The second-order valence-electron chi connectivity index (χ2n) is 7.22. The smallest absolute Gasteiger partial charge is 0.254 e. The first-order valence-corrected chi connectivity index (χ1v) is 12.2. The molecule has 3 aromatic carbocycles. The van der Waals surface area contributed by atoms with Crippen molar-refractivity contribution in [2.75, 3.05) is 5.75 Å². The number of hydrogen-bond donors (Lipinski definition) is 0. The summed E-state index contributed by atoms with van der Waals surface area (Å²) in [7, 11) is -1.12. The van der Waals surface area contributed by atoms with Crippen molar-refractivity contribution < 1.29 is 8.89 Å². The molecule has 1 atom stereocenters. The Morgan fingerprint density at radius 2 is 1.65 bits per heavy atom. The van der Waals surface area contributed by atoms with Crippen molar-refractivity contribution in [3.8, 4) is 11.4 Å². The van der Waals surface area contributed by atoms with Gasteiger partial charge in [-0.2, -0.15) is 0 Å². The standard InChI is InChI=1S/C23H17Cl3N3OS/c24-16-13-17(25)23(18(26)14-16)29-22(12-15-6-2-1-3-7-15)27-21-10-11-31(30)20-9-5-4-8-19(20)28(21)29/h1-9,13-14H,10-12H2/q+1. The lowest BCUT2D eigenvalue weighted by atomic mass is 10.1. The van der Waals surface area contributed by atoms with Crippen molar-refractivity contribution in [1.29, 1.82) is 0 Å². The second-order valence-corrected chi connectivity index (χ2v) is 10.0. The molecule has 2 heterocycles. The molecular formula is C23H17Cl3N3OS+. The maximum Gasteiger partial charge on any atom is 0.329 e. The Balaban J connectivity index is 1.83. The molecule has 8 heteroatoms. The molecule has 1 unspecified atom stereocenters. The molecule has 0 amide bonds. The number of fused-ring (bicyclic) bond motifs is 3. The van der Waals surface area contributed by atoms with E-state index in [0.717, 1.165) is 27.8 Å². The van der Waals surface area contributed by atoms with E-state index < -0.39 is 10.8 Å². The van der Waals surface area contributed by atoms with Crippen LogP contribution in [0.2, 0.25) is 15.1 Å². The van der Waals surface area contributed by atoms with Gasteiger partial charge < -0.3 is 0 Å². The van der Waals surface area contributed by atoms with Crippen LogP contribution in [-0.4, -0.2) is 19.6 Å². The number of nitrogens with zero attached hydrogens (tertiary/aromatic N) is 3. The zero-order chi connectivity index (χ0) is 21.5. The summed E-state index contributed by atoms with van der Waals surface area (Å²) >= 11 is 19.5. The van der Waals surface area contributed by atoms with Crippen molar-refractivity contribution in [3.05, 3.63) is 99.0 Å². The zero-order valence-corrected chi connectivity index (χ0v) is 19.3. The van der Waals surface area contributed by atoms with Crippen molar-refractivity contribution in [3.63, 3.8) is 0 Å². The Bertz CT molecular complexity index is 1300. The number of para-hydroxylation sites is 1. The lowest BCUT2D eigenvalue weighted by molar-refractivity contribution is -0.683. The lowest BCUT2D eigenvalue weighted by Gasteiger charge is -2.12. The SMILES string of the molecule is O=S1CCc2nc(Cc3ccccc3)[n+](-c3c(Cl)cc(Cl)cc3Cl)n2-c2ccccc21. The number of aromatic nitrogens is 3. The van der Waals surface area contributed by atoms with E-state index in [-0.39, 0.29) is 0 Å². The van der Waals surface area contributed by atoms with Crippen molar-refractivity contribution in [1.82, 2.24) is 9.67 Å². The molecule has 0 saturated heterocycles. The third-order valence-electron chi connectivity index (χ3n) is 5.20. The zero-order valence-electron chi connectivity index (χ0n) is 16.3. The predicted octanol–water partition coefficient (Wildman–Crippen LogP) is 5.36. The van der Waals surface area contributed by atoms with Crippen LogP contribution in [0.1, 0.15) is 17.2 Å². The Morgan fingerprint density at radius 1 is 0.968 bits per heavy atom. The summed E-state index contributed by atoms with van der Waals surface area (Å²) in [5.41, 5.74) is 2.52. The average Bonchev–Trinajstić information content (AvgIpc) is 3.02. The van der Waals surface area contributed by atoms with E-state index in [1.165, 1.54) is 0 Å². The van der Waals surface area contributed by atoms with Crippen LogP contribution in [0.4, 0.5) is 0 Å². The van der Waals surface area contributed by atoms with Gasteiger partial charge in [0, 0.05) is 17.2 Å². The Kier molecular flexibility index (Phi) is 5.61. The van der Waals surface area contributed by atoms with Gasteiger partial charge >= 0.3 is 5.82 Å². The van der Waals surface area contributed by atoms with Gasteiger partial charge in [-0.1, -0.05) is 77.3 Å². The highest BCUT2D eigenvalue weighted by atomic mass is 35.5. The van der Waals surface area contributed by atoms with Crippen LogP contribution in [0, 0.1) is 0 Å². The monoisotopic (exact) mass is 488 g/mol. The summed E-state index contributed by atoms with van der Waals surface area (Å²) in [6.07, 6.45) is 1.15. The first kappa shape index (κ1) is 20.7. The van der Waals surface area contributed by atoms with Crippen LogP contribution < -0.4 is 4.68 Å². The van der Waals surface area contributed by atoms with Crippen LogP contribution >= 0.6 is 34.8 Å². The first-order chi connectivity index (χ1) is 15.0. The minimum absolute atomic E-state index is 0.419. The molecule has 1 aromatic heterocycles. The molecule has 4 aromatic rings. The van der Waals surface area contributed by atoms with Gasteiger partial charge in [-0.15, -0.1) is 9.36 Å². The molecule has 5 rings (SSSR count). The summed E-state index contributed by atoms with van der Waals surface area (Å²) in [4.78, 5) is 5.73. The molecule has 0 N–H and O–H groups in total. The van der Waals surface area contributed by atoms with Crippen LogP contribution in [0.3, 0.4) is 0 Å². The fraction of sp³-hybridized carbons (Fsp3) is 0.130. The van der Waals surface area contributed by atoms with E-state index in [1.807, 2.05) is 51.8 Å². The maximum absolute atomic E-state index is 12.9. The molecule has 156 valence electrons. The van der Waals surface area contributed by atoms with E-state index in [1.54, 1.807) is 12.1 Å². The molecule has 0 saturated carbocycles. The van der Waals surface area contributed by atoms with Gasteiger partial charge in [0.2, 0.25) is 0 Å². The highest BCUT2D eigenvalue weighted by molar-refractivity contribution is 7.85. The van der Waals surface area contributed by atoms with Gasteiger partial charge in [-0.25, -0.2) is 0 Å². The number of aryl methyl sites for hydroxylation is 1. The molecule has 4 nitrogen and oxygen atoms in total. The minimum atomic E-state index is -1.12. The van der Waals surface area contributed by atoms with Gasteiger partial charge in [0.05, 0.1) is 32.2 Å². The predicted molar refractivity (Wildman–Crippen MR) is 124 cm³/mol. The number of halogens is 3. The molecule has 0 fully saturated rings. The molecule has 0 spiro atoms. The van der Waals surface area contributed by atoms with E-state index in [0.29, 0.717) is 39.3 Å². The molecule has 0 radical (unpaired) electrons. The van der Waals surface area contributed by atoms with Gasteiger partial charge in [-0.3, -0.25) is 4.21 Å². The number of benzene rings is 3. The van der Waals surface area contributed by atoms with E-state index in [9.17, 15) is 4.21 Å². The van der Waals surface area contributed by atoms with Crippen LogP contribution in [0.25, 0.3) is 11.4 Å². The summed E-state index contributed by atoms with van der Waals surface area (Å²) < 4.78 is 16.8. The highest BCUT2D eigenvalue weighted by Crippen LogP contribution is 2.31. The van der Waals surface area contributed by atoms with Crippen molar-refractivity contribution in [2.24, 2.45) is 0 Å². The number of rotatable bonds is 3. The minimum Gasteiger partial charge on any atom is -0.254 e. The molecule has 0 bridgehead atoms. The van der Waals surface area contributed by atoms with E-state index in [2.05, 4.69) is 12.1 Å². The third kappa shape index (κ3) is 3.80. The summed E-state index contributed by atoms with van der Waals surface area (Å²) in [5.74, 6) is 2.10. The maximum atomic E-state index is 12.9. The molecule has 31 heavy (non-hydrogen) atoms. The van der Waals surface area contributed by atoms with Crippen LogP contribution in [0.15, 0.2) is 71.6 Å². The Morgan fingerprint density at radius 3 is 2.39 bits per heavy atom. The van der Waals surface area contributed by atoms with Gasteiger partial charge in [0.15, 0.2) is 5.69 Å². The van der Waals surface area contributed by atoms with Crippen LogP contribution in [0.5, 0.6) is 0 Å². The third-order valence-corrected chi connectivity index (χ3v) is 7.40. The largest absolute Gasteiger partial charge is 0.329 e. The average molecular weight is 490 g/mol. The summed E-state index contributed by atoms with van der Waals surface area (Å²) in [6, 6.07) is 21.1. The Labute approximate surface area is 197 Å². The second kappa shape index (κ2) is 8.40. The van der Waals surface area contributed by atoms with Crippen LogP contribution in [-0.2, 0) is 23.6 Å². The first-order valence-electron chi connectivity index (χ1n) is 9.72. The molecule has 0 aliphatic carbocycles. The fourth-order valence-electron chi connectivity index (χ4n) is 3.86. The van der Waals surface area contributed by atoms with E-state index in [4.69, 9.17) is 39.8 Å². The lowest BCUT2D eigenvalue weighted by Crippen LogP contribution is -2.44. The fourth-order valence-corrected chi connectivity index (χ4v) is 6.04. The van der Waals surface area contributed by atoms with Crippen molar-refractivity contribution >= 4 is 45.6 Å². The Hall–Kier alpha value is -2.18. The van der Waals surface area contributed by atoms with Gasteiger partial charge in [0.1, 0.15) is 5.69 Å². The molecule has 1 aliphatic rings. The van der Waals surface area contributed by atoms with E-state index >= 15 is 0 Å². The van der Waals surface area contributed by atoms with Crippen molar-refractivity contribution in [2.45, 2.75) is 17.7 Å². The van der Waals surface area contributed by atoms with Gasteiger partial charge in [-0.05, 0) is 34.8 Å². The number of hydrogen-bond acceptors (Lipinski definition) is 2. The highest BCUT2D eigenvalue weighted by Gasteiger charge is 2.34. The topological polar surface area (TPSA) is 38.8 Å². The normalized spacial score (nSPS) is 15.3. The molecular weight excluding hydrogens is 473 g/mol. The quantitative estimate of drug-likeness (QED) is 0.363. The molecule has 1 aliphatic heterocycles.